The molecular formula is C22H27N3O6S. The highest BCUT2D eigenvalue weighted by Crippen LogP contribution is 2.32. The highest BCUT2D eigenvalue weighted by Gasteiger charge is 2.44. The molecule has 0 N–H and O–H groups in total. The van der Waals surface area contributed by atoms with Crippen molar-refractivity contribution in [3.05, 3.63) is 48.3 Å². The Morgan fingerprint density at radius 1 is 0.969 bits per heavy atom. The van der Waals surface area contributed by atoms with Crippen LogP contribution in [0.3, 0.4) is 0 Å². The first-order valence-corrected chi connectivity index (χ1v) is 12.3. The molecule has 1 aromatic heterocycles. The monoisotopic (exact) mass is 461 g/mol. The van der Waals surface area contributed by atoms with Crippen LogP contribution in [-0.4, -0.2) is 81.0 Å². The fourth-order valence-corrected chi connectivity index (χ4v) is 5.78. The number of ether oxygens (including phenoxy) is 4. The second-order valence-corrected chi connectivity index (χ2v) is 10.1. The number of sulfonamides is 1. The molecule has 2 saturated heterocycles. The first kappa shape index (κ1) is 21.6. The summed E-state index contributed by atoms with van der Waals surface area (Å²) >= 11 is 0. The normalized spacial score (nSPS) is 24.9. The van der Waals surface area contributed by atoms with Crippen molar-refractivity contribution in [2.75, 3.05) is 52.6 Å². The summed E-state index contributed by atoms with van der Waals surface area (Å²) in [5, 5.41) is 0. The average Bonchev–Trinajstić information content (AvgIpc) is 3.01. The third kappa shape index (κ3) is 4.46. The highest BCUT2D eigenvalue weighted by molar-refractivity contribution is 7.89. The van der Waals surface area contributed by atoms with E-state index in [0.717, 1.165) is 30.0 Å². The van der Waals surface area contributed by atoms with Crippen LogP contribution in [-0.2, 0) is 26.0 Å². The van der Waals surface area contributed by atoms with Crippen LogP contribution < -0.4 is 9.47 Å². The summed E-state index contributed by atoms with van der Waals surface area (Å²) < 4.78 is 51.3. The predicted molar refractivity (Wildman–Crippen MR) is 115 cm³/mol. The lowest BCUT2D eigenvalue weighted by Crippen LogP contribution is -2.59. The largest absolute Gasteiger partial charge is 0.486 e. The quantitative estimate of drug-likeness (QED) is 0.677. The van der Waals surface area contributed by atoms with Crippen LogP contribution >= 0.6 is 0 Å². The van der Waals surface area contributed by atoms with Crippen molar-refractivity contribution in [2.45, 2.75) is 23.6 Å². The van der Waals surface area contributed by atoms with Gasteiger partial charge in [0.1, 0.15) is 18.1 Å². The molecule has 3 aliphatic heterocycles. The fourth-order valence-electron chi connectivity index (χ4n) is 4.35. The van der Waals surface area contributed by atoms with Crippen LogP contribution in [0, 0.1) is 0 Å². The van der Waals surface area contributed by atoms with Crippen LogP contribution in [0.4, 0.5) is 0 Å². The minimum atomic E-state index is -3.67. The van der Waals surface area contributed by atoms with Crippen molar-refractivity contribution in [1.29, 1.82) is 0 Å². The Labute approximate surface area is 187 Å². The molecule has 4 heterocycles. The molecule has 2 aromatic rings. The lowest BCUT2D eigenvalue weighted by atomic mass is 10.1. The maximum atomic E-state index is 13.1. The first-order valence-electron chi connectivity index (χ1n) is 10.8. The standard InChI is InChI=1S/C22H27N3O6S/c26-32(27,19-3-1-6-23-14-19)25-8-10-31-22(17-25)16-24(7-2-9-30-22)15-18-4-5-20-21(13-18)29-12-11-28-20/h1,3-6,13-14H,2,7-12,15-17H2. The second-order valence-electron chi connectivity index (χ2n) is 8.18. The molecule has 0 saturated carbocycles. The number of morpholine rings is 1. The summed E-state index contributed by atoms with van der Waals surface area (Å²) in [4.78, 5) is 6.39. The van der Waals surface area contributed by atoms with Crippen molar-refractivity contribution in [3.8, 4) is 11.5 Å². The number of hydrogen-bond acceptors (Lipinski definition) is 8. The van der Waals surface area contributed by atoms with Gasteiger partial charge in [-0.05, 0) is 36.2 Å². The van der Waals surface area contributed by atoms with Gasteiger partial charge in [0.15, 0.2) is 17.3 Å². The van der Waals surface area contributed by atoms with E-state index in [4.69, 9.17) is 18.9 Å². The SMILES string of the molecule is O=S(=O)(c1cccnc1)N1CCOC2(CN(Cc3ccc4c(c3)OCCO4)CCCO2)C1. The van der Waals surface area contributed by atoms with E-state index >= 15 is 0 Å². The predicted octanol–water partition coefficient (Wildman–Crippen LogP) is 1.49. The van der Waals surface area contributed by atoms with Crippen molar-refractivity contribution in [2.24, 2.45) is 0 Å². The third-order valence-corrected chi connectivity index (χ3v) is 7.69. The molecule has 5 rings (SSSR count). The van der Waals surface area contributed by atoms with Gasteiger partial charge in [0, 0.05) is 32.0 Å². The van der Waals surface area contributed by atoms with Gasteiger partial charge in [-0.1, -0.05) is 6.07 Å². The van der Waals surface area contributed by atoms with E-state index in [0.29, 0.717) is 32.9 Å². The maximum absolute atomic E-state index is 13.1. The van der Waals surface area contributed by atoms with Gasteiger partial charge in [0.25, 0.3) is 0 Å². The molecule has 0 bridgehead atoms. The van der Waals surface area contributed by atoms with E-state index in [-0.39, 0.29) is 24.6 Å². The van der Waals surface area contributed by atoms with Gasteiger partial charge in [-0.2, -0.15) is 4.31 Å². The average molecular weight is 462 g/mol. The molecule has 0 radical (unpaired) electrons. The fraction of sp³-hybridized carbons (Fsp3) is 0.500. The Kier molecular flexibility index (Phi) is 6.04. The molecule has 3 aliphatic rings. The van der Waals surface area contributed by atoms with Gasteiger partial charge < -0.3 is 18.9 Å². The molecule has 1 aromatic carbocycles. The zero-order chi connectivity index (χ0) is 22.0. The number of pyridine rings is 1. The molecule has 32 heavy (non-hydrogen) atoms. The van der Waals surface area contributed by atoms with Crippen LogP contribution in [0.15, 0.2) is 47.6 Å². The number of rotatable bonds is 4. The lowest BCUT2D eigenvalue weighted by molar-refractivity contribution is -0.257. The van der Waals surface area contributed by atoms with E-state index in [1.807, 2.05) is 18.2 Å². The Balaban J connectivity index is 1.33. The van der Waals surface area contributed by atoms with Gasteiger partial charge in [0.2, 0.25) is 10.0 Å². The van der Waals surface area contributed by atoms with Crippen molar-refractivity contribution < 1.29 is 27.4 Å². The topological polar surface area (TPSA) is 90.4 Å². The molecule has 0 aliphatic carbocycles. The van der Waals surface area contributed by atoms with Crippen LogP contribution in [0.5, 0.6) is 11.5 Å². The highest BCUT2D eigenvalue weighted by atomic mass is 32.2. The zero-order valence-electron chi connectivity index (χ0n) is 17.8. The molecule has 2 fully saturated rings. The Hall–Kier alpha value is -2.24. The van der Waals surface area contributed by atoms with E-state index in [9.17, 15) is 8.42 Å². The summed E-state index contributed by atoms with van der Waals surface area (Å²) in [6.45, 7) is 4.30. The smallest absolute Gasteiger partial charge is 0.244 e. The maximum Gasteiger partial charge on any atom is 0.244 e. The van der Waals surface area contributed by atoms with Gasteiger partial charge in [-0.3, -0.25) is 9.88 Å². The summed E-state index contributed by atoms with van der Waals surface area (Å²) in [5.41, 5.74) is 1.10. The number of nitrogens with zero attached hydrogens (tertiary/aromatic N) is 3. The Morgan fingerprint density at radius 3 is 2.66 bits per heavy atom. The van der Waals surface area contributed by atoms with Gasteiger partial charge in [0.05, 0.1) is 26.3 Å². The summed E-state index contributed by atoms with van der Waals surface area (Å²) in [7, 11) is -3.67. The van der Waals surface area contributed by atoms with Crippen molar-refractivity contribution in [3.63, 3.8) is 0 Å². The van der Waals surface area contributed by atoms with Crippen molar-refractivity contribution in [1.82, 2.24) is 14.2 Å². The zero-order valence-corrected chi connectivity index (χ0v) is 18.6. The summed E-state index contributed by atoms with van der Waals surface area (Å²) in [6, 6.07) is 9.17. The minimum absolute atomic E-state index is 0.141. The van der Waals surface area contributed by atoms with Crippen LogP contribution in [0.1, 0.15) is 12.0 Å². The van der Waals surface area contributed by atoms with Crippen LogP contribution in [0.25, 0.3) is 0 Å². The molecule has 9 nitrogen and oxygen atoms in total. The molecule has 172 valence electrons. The van der Waals surface area contributed by atoms with E-state index in [1.165, 1.54) is 10.5 Å². The molecule has 10 heteroatoms. The number of hydrogen-bond donors (Lipinski definition) is 0. The van der Waals surface area contributed by atoms with E-state index in [2.05, 4.69) is 9.88 Å². The minimum Gasteiger partial charge on any atom is -0.486 e. The van der Waals surface area contributed by atoms with Crippen molar-refractivity contribution >= 4 is 10.0 Å². The lowest BCUT2D eigenvalue weighted by Gasteiger charge is -2.42. The number of benzene rings is 1. The van der Waals surface area contributed by atoms with Gasteiger partial charge in [-0.25, -0.2) is 8.42 Å². The molecule has 1 unspecified atom stereocenters. The third-order valence-electron chi connectivity index (χ3n) is 5.86. The van der Waals surface area contributed by atoms with E-state index < -0.39 is 15.8 Å². The molecule has 1 spiro atoms. The first-order chi connectivity index (χ1) is 15.5. The summed E-state index contributed by atoms with van der Waals surface area (Å²) in [5.74, 6) is 0.525. The Bertz CT molecular complexity index is 1050. The number of aromatic nitrogens is 1. The van der Waals surface area contributed by atoms with Gasteiger partial charge in [-0.15, -0.1) is 0 Å². The molecular weight excluding hydrogens is 434 g/mol. The van der Waals surface area contributed by atoms with E-state index in [1.54, 1.807) is 18.3 Å². The second kappa shape index (κ2) is 8.95. The molecule has 1 atom stereocenters. The van der Waals surface area contributed by atoms with Gasteiger partial charge >= 0.3 is 0 Å². The number of fused-ring (bicyclic) bond motifs is 1. The van der Waals surface area contributed by atoms with Crippen LogP contribution in [0.2, 0.25) is 0 Å². The Morgan fingerprint density at radius 2 is 1.81 bits per heavy atom. The summed E-state index contributed by atoms with van der Waals surface area (Å²) in [6.07, 6.45) is 3.77. The molecule has 0 amide bonds.